The summed E-state index contributed by atoms with van der Waals surface area (Å²) in [4.78, 5) is 18.3. The molecule has 1 aromatic rings. The number of nitrogens with zero attached hydrogens (tertiary/aromatic N) is 3. The molecule has 0 saturated carbocycles. The van der Waals surface area contributed by atoms with E-state index in [-0.39, 0.29) is 11.5 Å². The zero-order chi connectivity index (χ0) is 17.1. The summed E-state index contributed by atoms with van der Waals surface area (Å²) in [5.74, 6) is 0. The van der Waals surface area contributed by atoms with Crippen molar-refractivity contribution in [3.8, 4) is 0 Å². The number of hydrogen-bond donors (Lipinski definition) is 1. The number of carbonyl (C=O) groups excluding carboxylic acids is 1. The normalized spacial score (nSPS) is 22.2. The molecule has 2 rings (SSSR count). The lowest BCUT2D eigenvalue weighted by atomic mass is 9.82. The van der Waals surface area contributed by atoms with E-state index in [2.05, 4.69) is 17.2 Å². The average molecular weight is 322 g/mol. The maximum absolute atomic E-state index is 12.3. The highest BCUT2D eigenvalue weighted by molar-refractivity contribution is 5.68. The van der Waals surface area contributed by atoms with E-state index in [4.69, 9.17) is 4.74 Å². The summed E-state index contributed by atoms with van der Waals surface area (Å²) in [6.07, 6.45) is 5.62. The van der Waals surface area contributed by atoms with E-state index >= 15 is 0 Å². The van der Waals surface area contributed by atoms with Crippen LogP contribution in [0.3, 0.4) is 0 Å². The number of ether oxygens (including phenoxy) is 1. The van der Waals surface area contributed by atoms with Crippen LogP contribution >= 0.6 is 0 Å². The maximum atomic E-state index is 12.3. The van der Waals surface area contributed by atoms with E-state index in [0.717, 1.165) is 44.7 Å². The minimum atomic E-state index is -0.442. The molecule has 1 fully saturated rings. The Hall–Kier alpha value is -1.56. The second-order valence-electron chi connectivity index (χ2n) is 7.92. The Bertz CT molecular complexity index is 535. The Morgan fingerprint density at radius 1 is 1.48 bits per heavy atom. The van der Waals surface area contributed by atoms with Gasteiger partial charge in [-0.25, -0.2) is 9.78 Å². The van der Waals surface area contributed by atoms with E-state index in [1.54, 1.807) is 0 Å². The Kier molecular flexibility index (Phi) is 5.34. The lowest BCUT2D eigenvalue weighted by Crippen LogP contribution is -2.50. The second kappa shape index (κ2) is 6.91. The minimum Gasteiger partial charge on any atom is -0.444 e. The molecule has 130 valence electrons. The van der Waals surface area contributed by atoms with Gasteiger partial charge in [0.15, 0.2) is 0 Å². The molecule has 2 heterocycles. The molecule has 23 heavy (non-hydrogen) atoms. The molecule has 1 N–H and O–H groups in total. The van der Waals surface area contributed by atoms with Crippen LogP contribution in [-0.2, 0) is 18.3 Å². The molecule has 1 unspecified atom stereocenters. The number of piperidine rings is 1. The molecule has 1 aliphatic rings. The van der Waals surface area contributed by atoms with Crippen LogP contribution < -0.4 is 5.32 Å². The molecule has 0 bridgehead atoms. The van der Waals surface area contributed by atoms with Crippen LogP contribution in [0.15, 0.2) is 12.5 Å². The number of nitrogens with one attached hydrogen (secondary N) is 1. The Morgan fingerprint density at radius 2 is 2.22 bits per heavy atom. The molecular weight excluding hydrogens is 292 g/mol. The molecule has 1 atom stereocenters. The van der Waals surface area contributed by atoms with Crippen LogP contribution in [-0.4, -0.2) is 45.8 Å². The largest absolute Gasteiger partial charge is 0.444 e. The van der Waals surface area contributed by atoms with Gasteiger partial charge < -0.3 is 19.5 Å². The van der Waals surface area contributed by atoms with Crippen LogP contribution in [0.1, 0.15) is 46.2 Å². The first-order valence-corrected chi connectivity index (χ1v) is 8.32. The molecule has 1 saturated heterocycles. The lowest BCUT2D eigenvalue weighted by molar-refractivity contribution is 0.00674. The zero-order valence-corrected chi connectivity index (χ0v) is 15.1. The van der Waals surface area contributed by atoms with Crippen LogP contribution in [0.5, 0.6) is 0 Å². The van der Waals surface area contributed by atoms with Crippen molar-refractivity contribution in [1.29, 1.82) is 0 Å². The summed E-state index contributed by atoms with van der Waals surface area (Å²) in [5, 5.41) is 3.51. The SMILES string of the molecule is Cn1cncc1CNCC1(C)CCCN(C(=O)OC(C)(C)C)C1. The number of hydrogen-bond acceptors (Lipinski definition) is 4. The number of rotatable bonds is 4. The first kappa shape index (κ1) is 17.8. The van der Waals surface area contributed by atoms with Gasteiger partial charge in [-0.2, -0.15) is 0 Å². The molecular formula is C17H30N4O2. The van der Waals surface area contributed by atoms with E-state index in [0.29, 0.717) is 0 Å². The first-order chi connectivity index (χ1) is 10.7. The maximum Gasteiger partial charge on any atom is 0.410 e. The quantitative estimate of drug-likeness (QED) is 0.925. The van der Waals surface area contributed by atoms with Gasteiger partial charge in [0.2, 0.25) is 0 Å². The molecule has 0 radical (unpaired) electrons. The number of amides is 1. The van der Waals surface area contributed by atoms with Crippen molar-refractivity contribution in [3.05, 3.63) is 18.2 Å². The summed E-state index contributed by atoms with van der Waals surface area (Å²) in [6.45, 7) is 11.1. The first-order valence-electron chi connectivity index (χ1n) is 8.32. The van der Waals surface area contributed by atoms with E-state index < -0.39 is 5.60 Å². The number of carbonyl (C=O) groups is 1. The highest BCUT2D eigenvalue weighted by Gasteiger charge is 2.34. The minimum absolute atomic E-state index is 0.0771. The zero-order valence-electron chi connectivity index (χ0n) is 15.1. The Labute approximate surface area is 139 Å². The summed E-state index contributed by atoms with van der Waals surface area (Å²) in [6, 6.07) is 0. The van der Waals surface area contributed by atoms with Crippen molar-refractivity contribution in [1.82, 2.24) is 19.8 Å². The smallest absolute Gasteiger partial charge is 0.410 e. The van der Waals surface area contributed by atoms with Crippen molar-refractivity contribution in [2.75, 3.05) is 19.6 Å². The van der Waals surface area contributed by atoms with Gasteiger partial charge >= 0.3 is 6.09 Å². The second-order valence-corrected chi connectivity index (χ2v) is 7.92. The predicted octanol–water partition coefficient (Wildman–Crippen LogP) is 2.55. The molecule has 1 aliphatic heterocycles. The Morgan fingerprint density at radius 3 is 2.83 bits per heavy atom. The molecule has 0 aromatic carbocycles. The topological polar surface area (TPSA) is 59.4 Å². The molecule has 6 nitrogen and oxygen atoms in total. The lowest BCUT2D eigenvalue weighted by Gasteiger charge is -2.41. The number of imidazole rings is 1. The van der Waals surface area contributed by atoms with Gasteiger partial charge in [-0.1, -0.05) is 6.92 Å². The van der Waals surface area contributed by atoms with E-state index in [1.807, 2.05) is 49.8 Å². The Balaban J connectivity index is 1.86. The number of likely N-dealkylation sites (tertiary alicyclic amines) is 1. The summed E-state index contributed by atoms with van der Waals surface area (Å²) in [7, 11) is 2.00. The van der Waals surface area contributed by atoms with Crippen LogP contribution in [0, 0.1) is 5.41 Å². The van der Waals surface area contributed by atoms with Crippen LogP contribution in [0.2, 0.25) is 0 Å². The van der Waals surface area contributed by atoms with Gasteiger partial charge in [0, 0.05) is 39.4 Å². The van der Waals surface area contributed by atoms with Gasteiger partial charge in [0.05, 0.1) is 12.0 Å². The third-order valence-electron chi connectivity index (χ3n) is 4.21. The van der Waals surface area contributed by atoms with Crippen molar-refractivity contribution in [3.63, 3.8) is 0 Å². The fraction of sp³-hybridized carbons (Fsp3) is 0.765. The third-order valence-corrected chi connectivity index (χ3v) is 4.21. The van der Waals surface area contributed by atoms with Crippen LogP contribution in [0.4, 0.5) is 4.79 Å². The molecule has 1 aromatic heterocycles. The average Bonchev–Trinajstić information content (AvgIpc) is 2.82. The monoisotopic (exact) mass is 322 g/mol. The summed E-state index contributed by atoms with van der Waals surface area (Å²) < 4.78 is 7.52. The van der Waals surface area contributed by atoms with Gasteiger partial charge in [-0.05, 0) is 39.0 Å². The molecule has 6 heteroatoms. The highest BCUT2D eigenvalue weighted by atomic mass is 16.6. The van der Waals surface area contributed by atoms with Crippen molar-refractivity contribution in [2.24, 2.45) is 12.5 Å². The third kappa shape index (κ3) is 5.23. The fourth-order valence-electron chi connectivity index (χ4n) is 2.99. The van der Waals surface area contributed by atoms with Crippen molar-refractivity contribution in [2.45, 2.75) is 52.7 Å². The van der Waals surface area contributed by atoms with Gasteiger partial charge in [0.1, 0.15) is 5.60 Å². The van der Waals surface area contributed by atoms with Gasteiger partial charge in [-0.15, -0.1) is 0 Å². The van der Waals surface area contributed by atoms with E-state index in [1.165, 1.54) is 0 Å². The van der Waals surface area contributed by atoms with Gasteiger partial charge in [-0.3, -0.25) is 0 Å². The van der Waals surface area contributed by atoms with Crippen LogP contribution in [0.25, 0.3) is 0 Å². The number of aryl methyl sites for hydroxylation is 1. The summed E-state index contributed by atoms with van der Waals surface area (Å²) >= 11 is 0. The van der Waals surface area contributed by atoms with E-state index in [9.17, 15) is 4.79 Å². The fourth-order valence-corrected chi connectivity index (χ4v) is 2.99. The standard InChI is InChI=1S/C17H30N4O2/c1-16(2,3)23-15(22)21-8-6-7-17(4,12-21)11-18-9-14-10-19-13-20(14)5/h10,13,18H,6-9,11-12H2,1-5H3. The predicted molar refractivity (Wildman–Crippen MR) is 90.1 cm³/mol. The van der Waals surface area contributed by atoms with Crippen molar-refractivity contribution >= 4 is 6.09 Å². The highest BCUT2D eigenvalue weighted by Crippen LogP contribution is 2.29. The molecule has 1 amide bonds. The molecule has 0 aliphatic carbocycles. The van der Waals surface area contributed by atoms with Crippen molar-refractivity contribution < 1.29 is 9.53 Å². The summed E-state index contributed by atoms with van der Waals surface area (Å²) in [5.41, 5.74) is 0.796. The van der Waals surface area contributed by atoms with Gasteiger partial charge in [0.25, 0.3) is 0 Å². The molecule has 0 spiro atoms. The number of aromatic nitrogens is 2.